The van der Waals surface area contributed by atoms with E-state index in [1.807, 2.05) is 4.90 Å². The summed E-state index contributed by atoms with van der Waals surface area (Å²) < 4.78 is 0. The molecule has 6 nitrogen and oxygen atoms in total. The quantitative estimate of drug-likeness (QED) is 0.763. The van der Waals surface area contributed by atoms with E-state index in [2.05, 4.69) is 25.8 Å². The summed E-state index contributed by atoms with van der Waals surface area (Å²) in [6.45, 7) is 8.81. The Bertz CT molecular complexity index is 578. The van der Waals surface area contributed by atoms with Crippen molar-refractivity contribution in [1.29, 1.82) is 0 Å². The van der Waals surface area contributed by atoms with Crippen molar-refractivity contribution in [2.24, 2.45) is 27.7 Å². The molecule has 2 aliphatic heterocycles. The van der Waals surface area contributed by atoms with Gasteiger partial charge in [-0.2, -0.15) is 0 Å². The maximum absolute atomic E-state index is 12.5. The van der Waals surface area contributed by atoms with Crippen LogP contribution in [0.25, 0.3) is 0 Å². The lowest BCUT2D eigenvalue weighted by atomic mass is 9.70. The van der Waals surface area contributed by atoms with E-state index in [1.165, 1.54) is 11.8 Å². The van der Waals surface area contributed by atoms with Gasteiger partial charge in [-0.3, -0.25) is 14.6 Å². The van der Waals surface area contributed by atoms with Crippen molar-refractivity contribution < 1.29 is 14.7 Å². The molecule has 1 aliphatic carbocycles. The molecule has 2 amide bonds. The molecule has 2 heterocycles. The molecule has 25 heavy (non-hydrogen) atoms. The number of amides is 2. The van der Waals surface area contributed by atoms with Crippen molar-refractivity contribution in [2.45, 2.75) is 32.4 Å². The van der Waals surface area contributed by atoms with Crippen LogP contribution in [-0.2, 0) is 9.59 Å². The molecular weight excluding hydrogens is 338 g/mol. The van der Waals surface area contributed by atoms with Gasteiger partial charge >= 0.3 is 0 Å². The molecule has 140 valence electrons. The van der Waals surface area contributed by atoms with Gasteiger partial charge in [-0.1, -0.05) is 32.5 Å². The Labute approximate surface area is 154 Å². The molecule has 0 spiro atoms. The third-order valence-electron chi connectivity index (χ3n) is 6.15. The second kappa shape index (κ2) is 6.58. The van der Waals surface area contributed by atoms with E-state index in [-0.39, 0.29) is 46.3 Å². The Morgan fingerprint density at radius 2 is 2.04 bits per heavy atom. The van der Waals surface area contributed by atoms with Gasteiger partial charge in [0.25, 0.3) is 0 Å². The maximum atomic E-state index is 12.5. The van der Waals surface area contributed by atoms with Gasteiger partial charge in [-0.25, -0.2) is 0 Å². The minimum absolute atomic E-state index is 0.0231. The fraction of sp³-hybridized carbons (Fsp3) is 0.833. The first-order valence-electron chi connectivity index (χ1n) is 8.96. The lowest BCUT2D eigenvalue weighted by Crippen LogP contribution is -2.63. The Morgan fingerprint density at radius 3 is 2.52 bits per heavy atom. The number of hydrogen-bond acceptors (Lipinski definition) is 5. The number of rotatable bonds is 6. The normalized spacial score (nSPS) is 29.9. The van der Waals surface area contributed by atoms with Crippen molar-refractivity contribution in [3.8, 4) is 0 Å². The predicted octanol–water partition coefficient (Wildman–Crippen LogP) is 1.09. The second-order valence-electron chi connectivity index (χ2n) is 8.79. The van der Waals surface area contributed by atoms with E-state index in [4.69, 9.17) is 0 Å². The van der Waals surface area contributed by atoms with Crippen LogP contribution in [0.3, 0.4) is 0 Å². The number of aliphatic hydroxyl groups excluding tert-OH is 1. The summed E-state index contributed by atoms with van der Waals surface area (Å²) in [6, 6.07) is 0. The second-order valence-corrected chi connectivity index (χ2v) is 9.84. The molecule has 0 aromatic rings. The van der Waals surface area contributed by atoms with E-state index >= 15 is 0 Å². The fourth-order valence-electron chi connectivity index (χ4n) is 3.95. The standard InChI is InChI=1S/C18H29N3O3S/c1-17(2)5-13(17)15(23)21-9-18(3,10-21)12(8-22)7-20(4)16(24)14-6-19-11-25-14/h11-14,22H,5-10H2,1-4H3/t12-,13+,14?/m0/s1. The molecular formula is C18H29N3O3S. The molecule has 7 heteroatoms. The minimum atomic E-state index is -0.131. The van der Waals surface area contributed by atoms with Crippen LogP contribution in [0.2, 0.25) is 0 Å². The van der Waals surface area contributed by atoms with Crippen LogP contribution < -0.4 is 0 Å². The molecule has 3 atom stereocenters. The van der Waals surface area contributed by atoms with Crippen LogP contribution >= 0.6 is 11.8 Å². The van der Waals surface area contributed by atoms with Gasteiger partial charge in [0.2, 0.25) is 11.8 Å². The van der Waals surface area contributed by atoms with Crippen LogP contribution in [0.4, 0.5) is 0 Å². The minimum Gasteiger partial charge on any atom is -0.396 e. The molecule has 1 unspecified atom stereocenters. The number of nitrogens with zero attached hydrogens (tertiary/aromatic N) is 3. The number of aliphatic imine (C=N–C) groups is 1. The van der Waals surface area contributed by atoms with Crippen molar-refractivity contribution in [3.63, 3.8) is 0 Å². The molecule has 1 saturated heterocycles. The first-order valence-corrected chi connectivity index (χ1v) is 9.90. The van der Waals surface area contributed by atoms with Crippen molar-refractivity contribution >= 4 is 29.1 Å². The lowest BCUT2D eigenvalue weighted by molar-refractivity contribution is -0.151. The molecule has 3 rings (SSSR count). The molecule has 0 bridgehead atoms. The van der Waals surface area contributed by atoms with Crippen LogP contribution in [0, 0.1) is 22.7 Å². The van der Waals surface area contributed by atoms with Gasteiger partial charge in [-0.05, 0) is 11.8 Å². The molecule has 0 radical (unpaired) electrons. The zero-order valence-corrected chi connectivity index (χ0v) is 16.4. The summed E-state index contributed by atoms with van der Waals surface area (Å²) in [6.07, 6.45) is 0.973. The van der Waals surface area contributed by atoms with Crippen LogP contribution in [0.15, 0.2) is 4.99 Å². The predicted molar refractivity (Wildman–Crippen MR) is 99.5 cm³/mol. The summed E-state index contributed by atoms with van der Waals surface area (Å²) in [7, 11) is 1.79. The van der Waals surface area contributed by atoms with E-state index in [0.29, 0.717) is 26.2 Å². The average molecular weight is 368 g/mol. The number of likely N-dealkylation sites (tertiary alicyclic amines) is 1. The highest BCUT2D eigenvalue weighted by molar-refractivity contribution is 8.13. The molecule has 1 saturated carbocycles. The highest BCUT2D eigenvalue weighted by atomic mass is 32.2. The Hall–Kier alpha value is -1.08. The van der Waals surface area contributed by atoms with Gasteiger partial charge in [0.1, 0.15) is 5.25 Å². The van der Waals surface area contributed by atoms with Crippen molar-refractivity contribution in [2.75, 3.05) is 39.8 Å². The molecule has 2 fully saturated rings. The van der Waals surface area contributed by atoms with E-state index in [9.17, 15) is 14.7 Å². The van der Waals surface area contributed by atoms with Crippen LogP contribution in [0.5, 0.6) is 0 Å². The van der Waals surface area contributed by atoms with Crippen LogP contribution in [-0.4, -0.2) is 77.4 Å². The molecule has 1 N–H and O–H groups in total. The smallest absolute Gasteiger partial charge is 0.237 e. The highest BCUT2D eigenvalue weighted by Gasteiger charge is 2.56. The van der Waals surface area contributed by atoms with E-state index in [0.717, 1.165) is 6.42 Å². The summed E-state index contributed by atoms with van der Waals surface area (Å²) in [5, 5.41) is 9.75. The van der Waals surface area contributed by atoms with Gasteiger partial charge in [0.15, 0.2) is 0 Å². The Kier molecular flexibility index (Phi) is 4.92. The number of hydrogen-bond donors (Lipinski definition) is 1. The van der Waals surface area contributed by atoms with Crippen molar-refractivity contribution in [1.82, 2.24) is 9.80 Å². The third kappa shape index (κ3) is 3.58. The summed E-state index contributed by atoms with van der Waals surface area (Å²) >= 11 is 1.46. The SMILES string of the molecule is CN(C[C@@H](CO)C1(C)CN(C(=O)[C@H]2CC2(C)C)C1)C(=O)C1CN=CS1. The first kappa shape index (κ1) is 18.7. The fourth-order valence-corrected chi connectivity index (χ4v) is 4.74. The Balaban J connectivity index is 1.53. The summed E-state index contributed by atoms with van der Waals surface area (Å²) in [5.41, 5.74) is 1.75. The summed E-state index contributed by atoms with van der Waals surface area (Å²) in [4.78, 5) is 32.7. The van der Waals surface area contributed by atoms with Gasteiger partial charge in [-0.15, -0.1) is 0 Å². The maximum Gasteiger partial charge on any atom is 0.237 e. The number of aliphatic hydroxyl groups is 1. The molecule has 0 aromatic heterocycles. The third-order valence-corrected chi connectivity index (χ3v) is 7.10. The largest absolute Gasteiger partial charge is 0.396 e. The summed E-state index contributed by atoms with van der Waals surface area (Å²) in [5.74, 6) is 0.456. The lowest BCUT2D eigenvalue weighted by Gasteiger charge is -2.52. The van der Waals surface area contributed by atoms with Gasteiger partial charge < -0.3 is 14.9 Å². The Morgan fingerprint density at radius 1 is 1.40 bits per heavy atom. The monoisotopic (exact) mass is 367 g/mol. The zero-order chi connectivity index (χ0) is 18.4. The first-order chi connectivity index (χ1) is 11.7. The van der Waals surface area contributed by atoms with E-state index in [1.54, 1.807) is 17.5 Å². The average Bonchev–Trinajstić information content (AvgIpc) is 2.95. The number of carbonyl (C=O) groups is 2. The van der Waals surface area contributed by atoms with Gasteiger partial charge in [0, 0.05) is 50.5 Å². The number of thioether (sulfide) groups is 1. The van der Waals surface area contributed by atoms with Crippen molar-refractivity contribution in [3.05, 3.63) is 0 Å². The number of carbonyl (C=O) groups excluding carboxylic acids is 2. The molecule has 3 aliphatic rings. The zero-order valence-electron chi connectivity index (χ0n) is 15.6. The van der Waals surface area contributed by atoms with E-state index < -0.39 is 0 Å². The highest BCUT2D eigenvalue weighted by Crippen LogP contribution is 2.54. The van der Waals surface area contributed by atoms with Gasteiger partial charge in [0.05, 0.1) is 12.1 Å². The van der Waals surface area contributed by atoms with Crippen LogP contribution in [0.1, 0.15) is 27.2 Å². The topological polar surface area (TPSA) is 73.2 Å². The molecule has 0 aromatic carbocycles.